The topological polar surface area (TPSA) is 93.9 Å². The second kappa shape index (κ2) is 9.67. The first-order valence-electron chi connectivity index (χ1n) is 12.6. The molecule has 1 saturated carbocycles. The molecule has 2 aromatic carbocycles. The molecular formula is C29H33N3O5. The van der Waals surface area contributed by atoms with E-state index in [1.165, 1.54) is 5.56 Å². The van der Waals surface area contributed by atoms with E-state index in [-0.39, 0.29) is 18.4 Å². The van der Waals surface area contributed by atoms with Crippen molar-refractivity contribution in [3.63, 3.8) is 0 Å². The SMILES string of the molecule is CN(Cc1ccccc1)C(=O)OCc1c(-c2ccc(C3(C)COC4(CC(=O)O)CC4C3)cc2)cnn1C. The fourth-order valence-corrected chi connectivity index (χ4v) is 5.51. The molecule has 1 aromatic heterocycles. The van der Waals surface area contributed by atoms with E-state index in [4.69, 9.17) is 9.47 Å². The lowest BCUT2D eigenvalue weighted by Gasteiger charge is -2.37. The van der Waals surface area contributed by atoms with Gasteiger partial charge in [-0.25, -0.2) is 4.79 Å². The lowest BCUT2D eigenvalue weighted by molar-refractivity contribution is -0.143. The largest absolute Gasteiger partial charge is 0.481 e. The standard InChI is InChI=1S/C29H33N3O5/c1-28(13-23-14-29(23,37-19-28)15-26(33)34)22-11-9-21(10-12-22)24-16-30-32(3)25(24)18-36-27(35)31(2)17-20-7-5-4-6-8-20/h4-12,16,23H,13-15,17-19H2,1-3H3,(H,33,34). The molecule has 0 spiro atoms. The number of hydrogen-bond acceptors (Lipinski definition) is 5. The van der Waals surface area contributed by atoms with Gasteiger partial charge < -0.3 is 19.5 Å². The molecule has 37 heavy (non-hydrogen) atoms. The summed E-state index contributed by atoms with van der Waals surface area (Å²) in [5.41, 5.74) is 4.33. The molecule has 8 heteroatoms. The van der Waals surface area contributed by atoms with Gasteiger partial charge in [0.2, 0.25) is 0 Å². The van der Waals surface area contributed by atoms with Gasteiger partial charge in [0.25, 0.3) is 0 Å². The fraction of sp³-hybridized carbons (Fsp3) is 0.414. The first-order chi connectivity index (χ1) is 17.7. The zero-order chi connectivity index (χ0) is 26.2. The number of aryl methyl sites for hydroxylation is 1. The molecule has 3 unspecified atom stereocenters. The third-order valence-corrected chi connectivity index (χ3v) is 7.86. The molecule has 1 N–H and O–H groups in total. The number of benzene rings is 2. The number of carbonyl (C=O) groups is 2. The number of aliphatic carboxylic acids is 1. The summed E-state index contributed by atoms with van der Waals surface area (Å²) in [4.78, 5) is 25.4. The number of carboxylic acids is 1. The van der Waals surface area contributed by atoms with Crippen molar-refractivity contribution >= 4 is 12.1 Å². The predicted octanol–water partition coefficient (Wildman–Crippen LogP) is 4.77. The number of amides is 1. The van der Waals surface area contributed by atoms with Crippen LogP contribution in [0.3, 0.4) is 0 Å². The van der Waals surface area contributed by atoms with E-state index in [2.05, 4.69) is 36.3 Å². The van der Waals surface area contributed by atoms with Crippen LogP contribution >= 0.6 is 0 Å². The van der Waals surface area contributed by atoms with E-state index in [0.29, 0.717) is 19.1 Å². The van der Waals surface area contributed by atoms with Gasteiger partial charge in [0.1, 0.15) is 6.61 Å². The molecule has 0 bridgehead atoms. The van der Waals surface area contributed by atoms with Crippen molar-refractivity contribution in [2.45, 2.75) is 50.4 Å². The second-order valence-electron chi connectivity index (χ2n) is 10.7. The van der Waals surface area contributed by atoms with Gasteiger partial charge in [-0.15, -0.1) is 0 Å². The van der Waals surface area contributed by atoms with E-state index < -0.39 is 17.7 Å². The molecule has 2 aliphatic rings. The molecule has 1 aliphatic carbocycles. The molecule has 3 atom stereocenters. The monoisotopic (exact) mass is 503 g/mol. The maximum Gasteiger partial charge on any atom is 0.410 e. The predicted molar refractivity (Wildman–Crippen MR) is 138 cm³/mol. The van der Waals surface area contributed by atoms with Crippen LogP contribution in [-0.2, 0) is 39.9 Å². The van der Waals surface area contributed by atoms with Crippen molar-refractivity contribution in [1.82, 2.24) is 14.7 Å². The quantitative estimate of drug-likeness (QED) is 0.476. The Balaban J connectivity index is 1.24. The molecule has 1 saturated heterocycles. The number of carboxylic acid groups (broad SMARTS) is 1. The Morgan fingerprint density at radius 2 is 1.89 bits per heavy atom. The average Bonchev–Trinajstić information content (AvgIpc) is 3.44. The van der Waals surface area contributed by atoms with E-state index in [0.717, 1.165) is 35.2 Å². The van der Waals surface area contributed by atoms with Crippen molar-refractivity contribution in [2.75, 3.05) is 13.7 Å². The summed E-state index contributed by atoms with van der Waals surface area (Å²) < 4.78 is 13.5. The summed E-state index contributed by atoms with van der Waals surface area (Å²) >= 11 is 0. The molecule has 194 valence electrons. The molecule has 1 aliphatic heterocycles. The highest BCUT2D eigenvalue weighted by Gasteiger charge is 2.62. The molecule has 0 radical (unpaired) electrons. The maximum atomic E-state index is 12.6. The molecule has 5 rings (SSSR count). The lowest BCUT2D eigenvalue weighted by Crippen LogP contribution is -2.39. The molecule has 1 amide bonds. The summed E-state index contributed by atoms with van der Waals surface area (Å²) in [6, 6.07) is 18.1. The van der Waals surface area contributed by atoms with E-state index in [1.54, 1.807) is 22.8 Å². The van der Waals surface area contributed by atoms with Gasteiger partial charge in [-0.3, -0.25) is 9.48 Å². The molecule has 2 heterocycles. The van der Waals surface area contributed by atoms with Gasteiger partial charge in [-0.1, -0.05) is 61.5 Å². The third kappa shape index (κ3) is 5.11. The van der Waals surface area contributed by atoms with E-state index in [1.807, 2.05) is 37.4 Å². The molecule has 8 nitrogen and oxygen atoms in total. The average molecular weight is 504 g/mol. The van der Waals surface area contributed by atoms with E-state index >= 15 is 0 Å². The van der Waals surface area contributed by atoms with Crippen LogP contribution in [0.4, 0.5) is 4.79 Å². The smallest absolute Gasteiger partial charge is 0.410 e. The van der Waals surface area contributed by atoms with Crippen LogP contribution in [0.15, 0.2) is 60.8 Å². The summed E-state index contributed by atoms with van der Waals surface area (Å²) in [6.07, 6.45) is 3.23. The Labute approximate surface area is 216 Å². The summed E-state index contributed by atoms with van der Waals surface area (Å²) in [5, 5.41) is 13.6. The number of ether oxygens (including phenoxy) is 2. The minimum atomic E-state index is -0.795. The van der Waals surface area contributed by atoms with Gasteiger partial charge in [-0.2, -0.15) is 5.10 Å². The van der Waals surface area contributed by atoms with Crippen LogP contribution in [0.5, 0.6) is 0 Å². The van der Waals surface area contributed by atoms with Gasteiger partial charge >= 0.3 is 12.1 Å². The minimum absolute atomic E-state index is 0.0864. The fourth-order valence-electron chi connectivity index (χ4n) is 5.51. The number of carbonyl (C=O) groups excluding carboxylic acids is 1. The minimum Gasteiger partial charge on any atom is -0.481 e. The normalized spacial score (nSPS) is 24.2. The van der Waals surface area contributed by atoms with Crippen LogP contribution in [0.2, 0.25) is 0 Å². The Kier molecular flexibility index (Phi) is 6.54. The van der Waals surface area contributed by atoms with Crippen molar-refractivity contribution in [3.8, 4) is 11.1 Å². The van der Waals surface area contributed by atoms with Gasteiger partial charge in [-0.05, 0) is 35.4 Å². The Bertz CT molecular complexity index is 1290. The molecular weight excluding hydrogens is 470 g/mol. The summed E-state index contributed by atoms with van der Waals surface area (Å²) in [6.45, 7) is 3.29. The van der Waals surface area contributed by atoms with Gasteiger partial charge in [0, 0.05) is 31.6 Å². The van der Waals surface area contributed by atoms with Crippen molar-refractivity contribution < 1.29 is 24.2 Å². The van der Waals surface area contributed by atoms with Crippen molar-refractivity contribution in [1.29, 1.82) is 0 Å². The zero-order valence-corrected chi connectivity index (χ0v) is 21.5. The Hall–Kier alpha value is -3.65. The maximum absolute atomic E-state index is 12.6. The Morgan fingerprint density at radius 3 is 2.57 bits per heavy atom. The zero-order valence-electron chi connectivity index (χ0n) is 21.5. The first kappa shape index (κ1) is 25.0. The van der Waals surface area contributed by atoms with Crippen molar-refractivity contribution in [3.05, 3.63) is 77.6 Å². The number of aromatic nitrogens is 2. The van der Waals surface area contributed by atoms with Gasteiger partial charge in [0.05, 0.1) is 30.5 Å². The number of nitrogens with zero attached hydrogens (tertiary/aromatic N) is 3. The van der Waals surface area contributed by atoms with Crippen LogP contribution in [-0.4, -0.2) is 51.1 Å². The highest BCUT2D eigenvalue weighted by atomic mass is 16.6. The molecule has 3 aromatic rings. The van der Waals surface area contributed by atoms with Crippen LogP contribution in [0.25, 0.3) is 11.1 Å². The highest BCUT2D eigenvalue weighted by Crippen LogP contribution is 2.59. The van der Waals surface area contributed by atoms with E-state index in [9.17, 15) is 14.7 Å². The number of hydrogen-bond donors (Lipinski definition) is 1. The van der Waals surface area contributed by atoms with Gasteiger partial charge in [0.15, 0.2) is 0 Å². The summed E-state index contributed by atoms with van der Waals surface area (Å²) in [7, 11) is 3.56. The second-order valence-corrected chi connectivity index (χ2v) is 10.7. The first-order valence-corrected chi connectivity index (χ1v) is 12.6. The number of rotatable bonds is 8. The highest BCUT2D eigenvalue weighted by molar-refractivity contribution is 5.70. The van der Waals surface area contributed by atoms with Crippen LogP contribution in [0, 0.1) is 5.92 Å². The van der Waals surface area contributed by atoms with Crippen LogP contribution < -0.4 is 0 Å². The third-order valence-electron chi connectivity index (χ3n) is 7.86. The molecule has 2 fully saturated rings. The summed E-state index contributed by atoms with van der Waals surface area (Å²) in [5.74, 6) is -0.502. The lowest BCUT2D eigenvalue weighted by atomic mass is 9.76. The Morgan fingerprint density at radius 1 is 1.16 bits per heavy atom. The van der Waals surface area contributed by atoms with Crippen LogP contribution in [0.1, 0.15) is 43.0 Å². The van der Waals surface area contributed by atoms with Crippen molar-refractivity contribution in [2.24, 2.45) is 13.0 Å². The number of fused-ring (bicyclic) bond motifs is 1.